The third-order valence-electron chi connectivity index (χ3n) is 4.05. The van der Waals surface area contributed by atoms with Gasteiger partial charge in [-0.2, -0.15) is 0 Å². The molecule has 6 heteroatoms. The van der Waals surface area contributed by atoms with Crippen LogP contribution >= 0.6 is 0 Å². The Morgan fingerprint density at radius 3 is 2.77 bits per heavy atom. The number of nitrogens with one attached hydrogen (secondary N) is 1. The predicted octanol–water partition coefficient (Wildman–Crippen LogP) is 0.219. The van der Waals surface area contributed by atoms with E-state index in [1.807, 2.05) is 4.57 Å². The van der Waals surface area contributed by atoms with Gasteiger partial charge in [-0.25, -0.2) is 0 Å². The molecule has 0 atom stereocenters. The van der Waals surface area contributed by atoms with E-state index in [1.54, 1.807) is 14.2 Å². The van der Waals surface area contributed by atoms with Gasteiger partial charge in [-0.15, -0.1) is 0 Å². The van der Waals surface area contributed by atoms with Crippen molar-refractivity contribution in [1.82, 2.24) is 14.8 Å². The summed E-state index contributed by atoms with van der Waals surface area (Å²) in [5, 5.41) is 3.26. The van der Waals surface area contributed by atoms with Crippen LogP contribution in [0.3, 0.4) is 0 Å². The Bertz CT molecular complexity index is 542. The van der Waals surface area contributed by atoms with Crippen LogP contribution in [0.2, 0.25) is 0 Å². The Balaban J connectivity index is 2.25. The number of fused-ring (bicyclic) bond motifs is 1. The fourth-order valence-corrected chi connectivity index (χ4v) is 2.87. The molecule has 0 bridgehead atoms. The third kappa shape index (κ3) is 4.16. The summed E-state index contributed by atoms with van der Waals surface area (Å²) in [5.74, 6) is 0. The lowest BCUT2D eigenvalue weighted by molar-refractivity contribution is 0.183. The van der Waals surface area contributed by atoms with Gasteiger partial charge in [-0.05, 0) is 18.7 Å². The van der Waals surface area contributed by atoms with Crippen LogP contribution in [0.25, 0.3) is 0 Å². The second-order valence-corrected chi connectivity index (χ2v) is 5.75. The molecule has 0 radical (unpaired) electrons. The van der Waals surface area contributed by atoms with Crippen LogP contribution in [0.15, 0.2) is 10.9 Å². The van der Waals surface area contributed by atoms with E-state index in [2.05, 4.69) is 23.3 Å². The summed E-state index contributed by atoms with van der Waals surface area (Å²) in [6.07, 6.45) is 0.919. The van der Waals surface area contributed by atoms with Crippen LogP contribution < -0.4 is 10.9 Å². The summed E-state index contributed by atoms with van der Waals surface area (Å²) in [7, 11) is 5.46. The Hall–Kier alpha value is -1.21. The number of likely N-dealkylation sites (N-methyl/N-ethyl adjacent to an activating group) is 1. The first-order chi connectivity index (χ1) is 10.7. The molecule has 0 fully saturated rings. The third-order valence-corrected chi connectivity index (χ3v) is 4.05. The Labute approximate surface area is 132 Å². The summed E-state index contributed by atoms with van der Waals surface area (Å²) in [5.41, 5.74) is 3.35. The van der Waals surface area contributed by atoms with Gasteiger partial charge in [0.05, 0.1) is 13.2 Å². The molecule has 0 saturated carbocycles. The van der Waals surface area contributed by atoms with Gasteiger partial charge in [-0.3, -0.25) is 4.79 Å². The molecule has 0 unspecified atom stereocenters. The SMILES string of the molecule is COCCNCc1cc2c(n(CCOC)c1=O)CCN(C)C2. The lowest BCUT2D eigenvalue weighted by Crippen LogP contribution is -2.37. The molecule has 1 N–H and O–H groups in total. The lowest BCUT2D eigenvalue weighted by Gasteiger charge is -2.28. The summed E-state index contributed by atoms with van der Waals surface area (Å²) in [4.78, 5) is 15.0. The zero-order chi connectivity index (χ0) is 15.9. The molecule has 0 aromatic carbocycles. The number of hydrogen-bond acceptors (Lipinski definition) is 5. The van der Waals surface area contributed by atoms with Crippen LogP contribution in [0.1, 0.15) is 16.8 Å². The summed E-state index contributed by atoms with van der Waals surface area (Å²) in [6, 6.07) is 2.07. The lowest BCUT2D eigenvalue weighted by atomic mass is 10.0. The highest BCUT2D eigenvalue weighted by molar-refractivity contribution is 5.29. The van der Waals surface area contributed by atoms with Gasteiger partial charge in [0.25, 0.3) is 5.56 Å². The van der Waals surface area contributed by atoms with Crippen molar-refractivity contribution < 1.29 is 9.47 Å². The number of methoxy groups -OCH3 is 2. The van der Waals surface area contributed by atoms with E-state index in [-0.39, 0.29) is 5.56 Å². The molecule has 22 heavy (non-hydrogen) atoms. The zero-order valence-corrected chi connectivity index (χ0v) is 13.9. The van der Waals surface area contributed by atoms with Gasteiger partial charge in [0, 0.05) is 64.6 Å². The van der Waals surface area contributed by atoms with E-state index < -0.39 is 0 Å². The normalized spacial score (nSPS) is 15.0. The van der Waals surface area contributed by atoms with Gasteiger partial charge in [0.15, 0.2) is 0 Å². The highest BCUT2D eigenvalue weighted by Crippen LogP contribution is 2.17. The molecule has 124 valence electrons. The first kappa shape index (κ1) is 17.1. The molecule has 0 aliphatic carbocycles. The first-order valence-corrected chi connectivity index (χ1v) is 7.79. The fraction of sp³-hybridized carbons (Fsp3) is 0.688. The maximum Gasteiger partial charge on any atom is 0.255 e. The van der Waals surface area contributed by atoms with Crippen molar-refractivity contribution >= 4 is 0 Å². The highest BCUT2D eigenvalue weighted by atomic mass is 16.5. The number of pyridine rings is 1. The Kier molecular flexibility index (Phi) is 6.57. The molecule has 0 amide bonds. The van der Waals surface area contributed by atoms with Crippen molar-refractivity contribution in [2.75, 3.05) is 47.6 Å². The molecule has 2 heterocycles. The maximum atomic E-state index is 12.7. The van der Waals surface area contributed by atoms with Crippen molar-refractivity contribution in [3.63, 3.8) is 0 Å². The maximum absolute atomic E-state index is 12.7. The molecule has 2 rings (SSSR count). The quantitative estimate of drug-likeness (QED) is 0.696. The van der Waals surface area contributed by atoms with E-state index in [0.29, 0.717) is 26.3 Å². The molecule has 0 saturated heterocycles. The van der Waals surface area contributed by atoms with Crippen LogP contribution in [-0.2, 0) is 35.5 Å². The van der Waals surface area contributed by atoms with E-state index in [0.717, 1.165) is 31.6 Å². The van der Waals surface area contributed by atoms with E-state index in [4.69, 9.17) is 9.47 Å². The Morgan fingerprint density at radius 1 is 1.27 bits per heavy atom. The number of aromatic nitrogens is 1. The van der Waals surface area contributed by atoms with Crippen LogP contribution in [-0.4, -0.2) is 57.0 Å². The fourth-order valence-electron chi connectivity index (χ4n) is 2.87. The number of ether oxygens (including phenoxy) is 2. The zero-order valence-electron chi connectivity index (χ0n) is 13.9. The molecule has 1 aromatic heterocycles. The van der Waals surface area contributed by atoms with Crippen molar-refractivity contribution in [1.29, 1.82) is 0 Å². The van der Waals surface area contributed by atoms with Crippen LogP contribution in [0, 0.1) is 0 Å². The molecule has 1 aliphatic heterocycles. The van der Waals surface area contributed by atoms with Crippen molar-refractivity contribution in [2.45, 2.75) is 26.1 Å². The minimum absolute atomic E-state index is 0.102. The van der Waals surface area contributed by atoms with Crippen molar-refractivity contribution in [2.24, 2.45) is 0 Å². The number of hydrogen-bond donors (Lipinski definition) is 1. The second-order valence-electron chi connectivity index (χ2n) is 5.75. The average molecular weight is 309 g/mol. The van der Waals surface area contributed by atoms with Crippen LogP contribution in [0.4, 0.5) is 0 Å². The van der Waals surface area contributed by atoms with E-state index >= 15 is 0 Å². The molecule has 1 aromatic rings. The van der Waals surface area contributed by atoms with Gasteiger partial charge in [-0.1, -0.05) is 0 Å². The second kappa shape index (κ2) is 8.43. The minimum Gasteiger partial charge on any atom is -0.383 e. The van der Waals surface area contributed by atoms with Gasteiger partial charge >= 0.3 is 0 Å². The topological polar surface area (TPSA) is 55.7 Å². The molecular formula is C16H27N3O3. The number of rotatable bonds is 8. The highest BCUT2D eigenvalue weighted by Gasteiger charge is 2.19. The molecule has 1 aliphatic rings. The monoisotopic (exact) mass is 309 g/mol. The Morgan fingerprint density at radius 2 is 2.05 bits per heavy atom. The van der Waals surface area contributed by atoms with Crippen LogP contribution in [0.5, 0.6) is 0 Å². The standard InChI is InChI=1S/C16H27N3O3/c1-18-6-4-15-14(12-18)10-13(11-17-5-8-21-2)16(20)19(15)7-9-22-3/h10,17H,4-9,11-12H2,1-3H3. The summed E-state index contributed by atoms with van der Waals surface area (Å²) < 4.78 is 12.1. The molecule has 6 nitrogen and oxygen atoms in total. The van der Waals surface area contributed by atoms with E-state index in [9.17, 15) is 4.79 Å². The van der Waals surface area contributed by atoms with Gasteiger partial charge in [0.1, 0.15) is 0 Å². The average Bonchev–Trinajstić information content (AvgIpc) is 2.51. The van der Waals surface area contributed by atoms with Gasteiger partial charge < -0.3 is 24.3 Å². The van der Waals surface area contributed by atoms with Crippen molar-refractivity contribution in [3.05, 3.63) is 33.2 Å². The largest absolute Gasteiger partial charge is 0.383 e. The van der Waals surface area contributed by atoms with Gasteiger partial charge in [0.2, 0.25) is 0 Å². The summed E-state index contributed by atoms with van der Waals surface area (Å²) >= 11 is 0. The molecular weight excluding hydrogens is 282 g/mol. The van der Waals surface area contributed by atoms with E-state index in [1.165, 1.54) is 11.3 Å². The predicted molar refractivity (Wildman–Crippen MR) is 86.2 cm³/mol. The number of nitrogens with zero attached hydrogens (tertiary/aromatic N) is 2. The minimum atomic E-state index is 0.102. The summed E-state index contributed by atoms with van der Waals surface area (Å²) in [6.45, 7) is 5.03. The first-order valence-electron chi connectivity index (χ1n) is 7.79. The molecule has 0 spiro atoms. The smallest absolute Gasteiger partial charge is 0.255 e. The van der Waals surface area contributed by atoms with Crippen molar-refractivity contribution in [3.8, 4) is 0 Å².